The summed E-state index contributed by atoms with van der Waals surface area (Å²) in [4.78, 5) is 11.9. The molecule has 2 rings (SSSR count). The van der Waals surface area contributed by atoms with Gasteiger partial charge in [-0.2, -0.15) is 5.10 Å². The molecule has 1 amide bonds. The summed E-state index contributed by atoms with van der Waals surface area (Å²) in [5.41, 5.74) is 6.04. The lowest BCUT2D eigenvalue weighted by Gasteiger charge is -2.09. The zero-order valence-corrected chi connectivity index (χ0v) is 10.0. The molecule has 6 nitrogen and oxygen atoms in total. The number of aromatic amines is 1. The Morgan fingerprint density at radius 3 is 3.24 bits per heavy atom. The van der Waals surface area contributed by atoms with Crippen LogP contribution in [0.4, 0.5) is 5.82 Å². The van der Waals surface area contributed by atoms with Crippen molar-refractivity contribution in [3.05, 3.63) is 11.8 Å². The van der Waals surface area contributed by atoms with E-state index >= 15 is 0 Å². The van der Waals surface area contributed by atoms with E-state index in [2.05, 4.69) is 15.5 Å². The maximum Gasteiger partial charge on any atom is 0.228 e. The van der Waals surface area contributed by atoms with Gasteiger partial charge in [0.2, 0.25) is 5.91 Å². The first-order valence-electron chi connectivity index (χ1n) is 5.41. The Kier molecular flexibility index (Phi) is 3.70. The van der Waals surface area contributed by atoms with Crippen LogP contribution in [0.3, 0.4) is 0 Å². The molecule has 0 spiro atoms. The molecule has 1 atom stereocenters. The summed E-state index contributed by atoms with van der Waals surface area (Å²) < 4.78 is 5.38. The molecule has 0 bridgehead atoms. The quantitative estimate of drug-likeness (QED) is 0.682. The first kappa shape index (κ1) is 12.0. The number of nitrogens with zero attached hydrogens (tertiary/aromatic N) is 1. The van der Waals surface area contributed by atoms with Gasteiger partial charge in [0.25, 0.3) is 0 Å². The van der Waals surface area contributed by atoms with Crippen molar-refractivity contribution in [3.63, 3.8) is 0 Å². The lowest BCUT2D eigenvalue weighted by molar-refractivity contribution is -0.118. The second kappa shape index (κ2) is 5.24. The van der Waals surface area contributed by atoms with Crippen molar-refractivity contribution >= 4 is 28.9 Å². The SMILES string of the molecule is NC(=S)c1cn[nH]c1NC(=O)CC1CCCO1. The zero-order chi connectivity index (χ0) is 12.3. The van der Waals surface area contributed by atoms with Crippen LogP contribution in [0.15, 0.2) is 6.20 Å². The molecule has 0 saturated carbocycles. The average molecular weight is 254 g/mol. The topological polar surface area (TPSA) is 93.0 Å². The summed E-state index contributed by atoms with van der Waals surface area (Å²) in [5, 5.41) is 9.14. The molecular formula is C10H14N4O2S. The van der Waals surface area contributed by atoms with Gasteiger partial charge in [0, 0.05) is 6.61 Å². The highest BCUT2D eigenvalue weighted by atomic mass is 32.1. The van der Waals surface area contributed by atoms with Gasteiger partial charge in [-0.15, -0.1) is 0 Å². The van der Waals surface area contributed by atoms with Gasteiger partial charge in [-0.25, -0.2) is 0 Å². The number of aromatic nitrogens is 2. The number of rotatable bonds is 4. The van der Waals surface area contributed by atoms with Crippen LogP contribution in [0.2, 0.25) is 0 Å². The predicted molar refractivity (Wildman–Crippen MR) is 66.7 cm³/mol. The van der Waals surface area contributed by atoms with Crippen LogP contribution >= 0.6 is 12.2 Å². The molecule has 1 aromatic heterocycles. The molecule has 1 aliphatic rings. The van der Waals surface area contributed by atoms with E-state index < -0.39 is 0 Å². The van der Waals surface area contributed by atoms with Gasteiger partial charge in [0.1, 0.15) is 10.8 Å². The van der Waals surface area contributed by atoms with E-state index in [0.29, 0.717) is 17.8 Å². The molecule has 2 heterocycles. The minimum Gasteiger partial charge on any atom is -0.389 e. The van der Waals surface area contributed by atoms with Crippen molar-refractivity contribution < 1.29 is 9.53 Å². The monoisotopic (exact) mass is 254 g/mol. The number of hydrogen-bond acceptors (Lipinski definition) is 4. The van der Waals surface area contributed by atoms with Gasteiger partial charge in [-0.1, -0.05) is 12.2 Å². The van der Waals surface area contributed by atoms with Crippen LogP contribution in [-0.4, -0.2) is 33.8 Å². The highest BCUT2D eigenvalue weighted by Gasteiger charge is 2.20. The number of nitrogens with one attached hydrogen (secondary N) is 2. The third-order valence-electron chi connectivity index (χ3n) is 2.61. The molecule has 92 valence electrons. The standard InChI is InChI=1S/C10H14N4O2S/c11-9(17)7-5-12-14-10(7)13-8(15)4-6-2-1-3-16-6/h5-6H,1-4H2,(H2,11,17)(H2,12,13,14,15). The Hall–Kier alpha value is -1.47. The molecule has 7 heteroatoms. The second-order valence-electron chi connectivity index (χ2n) is 3.91. The molecule has 1 fully saturated rings. The van der Waals surface area contributed by atoms with Gasteiger partial charge >= 0.3 is 0 Å². The highest BCUT2D eigenvalue weighted by Crippen LogP contribution is 2.17. The smallest absolute Gasteiger partial charge is 0.228 e. The van der Waals surface area contributed by atoms with Crippen LogP contribution in [0, 0.1) is 0 Å². The second-order valence-corrected chi connectivity index (χ2v) is 4.35. The predicted octanol–water partition coefficient (Wildman–Crippen LogP) is 0.551. The van der Waals surface area contributed by atoms with Crippen molar-refractivity contribution in [2.75, 3.05) is 11.9 Å². The normalized spacial score (nSPS) is 19.2. The van der Waals surface area contributed by atoms with E-state index in [1.807, 2.05) is 0 Å². The number of H-pyrrole nitrogens is 1. The fourth-order valence-electron chi connectivity index (χ4n) is 1.77. The van der Waals surface area contributed by atoms with Crippen LogP contribution in [0.25, 0.3) is 0 Å². The summed E-state index contributed by atoms with van der Waals surface area (Å²) in [6, 6.07) is 0. The van der Waals surface area contributed by atoms with Crippen LogP contribution in [0.5, 0.6) is 0 Å². The van der Waals surface area contributed by atoms with E-state index in [1.165, 1.54) is 6.20 Å². The van der Waals surface area contributed by atoms with E-state index in [0.717, 1.165) is 19.4 Å². The average Bonchev–Trinajstić information content (AvgIpc) is 2.88. The van der Waals surface area contributed by atoms with Crippen molar-refractivity contribution in [1.29, 1.82) is 0 Å². The molecule has 1 unspecified atom stereocenters. The summed E-state index contributed by atoms with van der Waals surface area (Å²) in [6.07, 6.45) is 3.80. The lowest BCUT2D eigenvalue weighted by Crippen LogP contribution is -2.21. The molecule has 0 aliphatic carbocycles. The number of carbonyl (C=O) groups excluding carboxylic acids is 1. The van der Waals surface area contributed by atoms with E-state index in [9.17, 15) is 4.79 Å². The highest BCUT2D eigenvalue weighted by molar-refractivity contribution is 7.80. The fourth-order valence-corrected chi connectivity index (χ4v) is 1.93. The molecule has 1 aliphatic heterocycles. The Labute approximate surface area is 104 Å². The number of ether oxygens (including phenoxy) is 1. The third-order valence-corrected chi connectivity index (χ3v) is 2.83. The van der Waals surface area contributed by atoms with Crippen molar-refractivity contribution in [1.82, 2.24) is 10.2 Å². The summed E-state index contributed by atoms with van der Waals surface area (Å²) >= 11 is 4.84. The molecule has 4 N–H and O–H groups in total. The van der Waals surface area contributed by atoms with Crippen LogP contribution in [0.1, 0.15) is 24.8 Å². The maximum atomic E-state index is 11.7. The summed E-state index contributed by atoms with van der Waals surface area (Å²) in [5.74, 6) is 0.319. The minimum atomic E-state index is -0.126. The Balaban J connectivity index is 1.93. The van der Waals surface area contributed by atoms with Gasteiger partial charge in [0.15, 0.2) is 0 Å². The number of hydrogen-bond donors (Lipinski definition) is 3. The third kappa shape index (κ3) is 3.01. The Morgan fingerprint density at radius 1 is 1.76 bits per heavy atom. The number of nitrogens with two attached hydrogens (primary N) is 1. The molecule has 0 aromatic carbocycles. The number of anilines is 1. The maximum absolute atomic E-state index is 11.7. The van der Waals surface area contributed by atoms with Gasteiger partial charge < -0.3 is 15.8 Å². The number of thiocarbonyl (C=S) groups is 1. The van der Waals surface area contributed by atoms with Gasteiger partial charge in [-0.3, -0.25) is 9.89 Å². The van der Waals surface area contributed by atoms with Crippen molar-refractivity contribution in [3.8, 4) is 0 Å². The largest absolute Gasteiger partial charge is 0.389 e. The van der Waals surface area contributed by atoms with E-state index in [4.69, 9.17) is 22.7 Å². The first-order valence-corrected chi connectivity index (χ1v) is 5.82. The first-order chi connectivity index (χ1) is 8.16. The van der Waals surface area contributed by atoms with Crippen LogP contribution in [-0.2, 0) is 9.53 Å². The lowest BCUT2D eigenvalue weighted by atomic mass is 10.2. The Morgan fingerprint density at radius 2 is 2.59 bits per heavy atom. The fraction of sp³-hybridized carbons (Fsp3) is 0.500. The van der Waals surface area contributed by atoms with Gasteiger partial charge in [-0.05, 0) is 12.8 Å². The minimum absolute atomic E-state index is 0.0196. The number of amides is 1. The summed E-state index contributed by atoms with van der Waals surface area (Å²) in [6.45, 7) is 0.736. The van der Waals surface area contributed by atoms with Gasteiger partial charge in [0.05, 0.1) is 24.3 Å². The number of carbonyl (C=O) groups is 1. The van der Waals surface area contributed by atoms with E-state index in [1.54, 1.807) is 0 Å². The molecule has 1 aromatic rings. The molecular weight excluding hydrogens is 240 g/mol. The zero-order valence-electron chi connectivity index (χ0n) is 9.23. The molecule has 1 saturated heterocycles. The Bertz CT molecular complexity index is 426. The van der Waals surface area contributed by atoms with Crippen LogP contribution < -0.4 is 11.1 Å². The molecule has 0 radical (unpaired) electrons. The van der Waals surface area contributed by atoms with E-state index in [-0.39, 0.29) is 17.0 Å². The van der Waals surface area contributed by atoms with Crippen molar-refractivity contribution in [2.24, 2.45) is 5.73 Å². The summed E-state index contributed by atoms with van der Waals surface area (Å²) in [7, 11) is 0. The van der Waals surface area contributed by atoms with Crippen molar-refractivity contribution in [2.45, 2.75) is 25.4 Å². The molecule has 17 heavy (non-hydrogen) atoms.